The number of hydrogen-bond acceptors (Lipinski definition) is 4. The van der Waals surface area contributed by atoms with Gasteiger partial charge in [0.2, 0.25) is 0 Å². The highest BCUT2D eigenvalue weighted by atomic mass is 19.1. The Hall–Kier alpha value is -2.41. The molecule has 0 bridgehead atoms. The molecule has 1 saturated carbocycles. The fourth-order valence-corrected chi connectivity index (χ4v) is 4.26. The first-order chi connectivity index (χ1) is 12.8. The summed E-state index contributed by atoms with van der Waals surface area (Å²) < 4.78 is 16.3. The Labute approximate surface area is 156 Å². The number of anilines is 1. The van der Waals surface area contributed by atoms with E-state index in [4.69, 9.17) is 0 Å². The maximum Gasteiger partial charge on any atom is 0.341 e. The third kappa shape index (κ3) is 2.90. The molecule has 2 aromatic heterocycles. The number of fused-ring (bicyclic) bond motifs is 1. The van der Waals surface area contributed by atoms with Crippen molar-refractivity contribution in [1.29, 1.82) is 0 Å². The molecule has 2 fully saturated rings. The average Bonchev–Trinajstić information content (AvgIpc) is 3.32. The topological polar surface area (TPSA) is 65.3 Å². The highest BCUT2D eigenvalue weighted by Crippen LogP contribution is 2.44. The Kier molecular flexibility index (Phi) is 4.22. The molecule has 1 N–H and O–H groups in total. The minimum atomic E-state index is -1.27. The number of pyridine rings is 2. The fourth-order valence-electron chi connectivity index (χ4n) is 4.26. The third-order valence-electron chi connectivity index (χ3n) is 5.90. The van der Waals surface area contributed by atoms with E-state index >= 15 is 4.39 Å². The first-order valence-corrected chi connectivity index (χ1v) is 9.32. The monoisotopic (exact) mass is 373 g/mol. The van der Waals surface area contributed by atoms with Crippen LogP contribution in [0.1, 0.15) is 46.7 Å². The number of likely N-dealkylation sites (N-methyl/N-ethyl adjacent to an activating group) is 1. The van der Waals surface area contributed by atoms with Crippen LogP contribution in [0.5, 0.6) is 0 Å². The SMILES string of the molecule is Cc1c(N2CC[C@H](N(C)C)C2)c(F)cn2c(=O)c(C(=O)O)cc(C3CC3)c12. The standard InChI is InChI=1S/C20H24FN3O3/c1-11-17-14(12-4-5-12)8-15(20(26)27)19(25)24(17)10-16(21)18(11)23-7-6-13(9-23)22(2)3/h8,10,12-13H,4-7,9H2,1-3H3,(H,26,27)/t13-/m0/s1. The van der Waals surface area contributed by atoms with E-state index in [1.807, 2.05) is 25.9 Å². The van der Waals surface area contributed by atoms with Gasteiger partial charge in [-0.1, -0.05) is 0 Å². The van der Waals surface area contributed by atoms with Crippen LogP contribution in [0.2, 0.25) is 0 Å². The van der Waals surface area contributed by atoms with Crippen LogP contribution in [0.4, 0.5) is 10.1 Å². The van der Waals surface area contributed by atoms with Crippen molar-refractivity contribution in [3.63, 3.8) is 0 Å². The molecule has 0 aromatic carbocycles. The summed E-state index contributed by atoms with van der Waals surface area (Å²) >= 11 is 0. The number of carbonyl (C=O) groups is 1. The van der Waals surface area contributed by atoms with Crippen LogP contribution in [0.3, 0.4) is 0 Å². The summed E-state index contributed by atoms with van der Waals surface area (Å²) in [5.74, 6) is -1.51. The van der Waals surface area contributed by atoms with Gasteiger partial charge in [-0.2, -0.15) is 0 Å². The number of aryl methyl sites for hydroxylation is 1. The molecular weight excluding hydrogens is 349 g/mol. The lowest BCUT2D eigenvalue weighted by atomic mass is 10.0. The zero-order valence-electron chi connectivity index (χ0n) is 15.8. The van der Waals surface area contributed by atoms with Crippen molar-refractivity contribution in [2.75, 3.05) is 32.1 Å². The molecule has 1 saturated heterocycles. The van der Waals surface area contributed by atoms with Crippen molar-refractivity contribution in [3.8, 4) is 0 Å². The maximum atomic E-state index is 15.1. The Morgan fingerprint density at radius 3 is 2.56 bits per heavy atom. The van der Waals surface area contributed by atoms with Crippen LogP contribution < -0.4 is 10.5 Å². The van der Waals surface area contributed by atoms with Gasteiger partial charge in [-0.3, -0.25) is 9.20 Å². The van der Waals surface area contributed by atoms with Gasteiger partial charge in [0.15, 0.2) is 5.82 Å². The molecule has 0 amide bonds. The molecule has 0 radical (unpaired) electrons. The van der Waals surface area contributed by atoms with E-state index in [0.717, 1.165) is 37.9 Å². The van der Waals surface area contributed by atoms with Crippen LogP contribution in [-0.4, -0.2) is 53.6 Å². The van der Waals surface area contributed by atoms with Crippen molar-refractivity contribution >= 4 is 17.2 Å². The quantitative estimate of drug-likeness (QED) is 0.892. The minimum Gasteiger partial charge on any atom is -0.477 e. The highest BCUT2D eigenvalue weighted by molar-refractivity contribution is 5.89. The second-order valence-electron chi connectivity index (χ2n) is 7.92. The van der Waals surface area contributed by atoms with Gasteiger partial charge < -0.3 is 14.9 Å². The summed E-state index contributed by atoms with van der Waals surface area (Å²) in [7, 11) is 4.05. The van der Waals surface area contributed by atoms with Gasteiger partial charge in [-0.25, -0.2) is 9.18 Å². The molecule has 3 heterocycles. The summed E-state index contributed by atoms with van der Waals surface area (Å²) in [6, 6.07) is 1.86. The van der Waals surface area contributed by atoms with Gasteiger partial charge in [0, 0.05) is 19.1 Å². The zero-order valence-corrected chi connectivity index (χ0v) is 15.8. The van der Waals surface area contributed by atoms with Crippen LogP contribution in [-0.2, 0) is 0 Å². The second kappa shape index (κ2) is 6.34. The molecule has 2 aromatic rings. The number of aromatic carboxylic acids is 1. The highest BCUT2D eigenvalue weighted by Gasteiger charge is 2.32. The molecule has 6 nitrogen and oxygen atoms in total. The van der Waals surface area contributed by atoms with E-state index in [2.05, 4.69) is 4.90 Å². The summed E-state index contributed by atoms with van der Waals surface area (Å²) in [6.07, 6.45) is 4.05. The number of rotatable bonds is 4. The van der Waals surface area contributed by atoms with E-state index in [-0.39, 0.29) is 11.5 Å². The minimum absolute atomic E-state index is 0.240. The molecule has 2 aliphatic rings. The lowest BCUT2D eigenvalue weighted by Crippen LogP contribution is -2.32. The normalized spacial score (nSPS) is 20.0. The summed E-state index contributed by atoms with van der Waals surface area (Å²) in [6.45, 7) is 3.33. The van der Waals surface area contributed by atoms with Crippen molar-refractivity contribution < 1.29 is 14.3 Å². The van der Waals surface area contributed by atoms with Crippen LogP contribution >= 0.6 is 0 Å². The smallest absolute Gasteiger partial charge is 0.341 e. The molecule has 1 atom stereocenters. The number of carboxylic acid groups (broad SMARTS) is 1. The van der Waals surface area contributed by atoms with Gasteiger partial charge in [0.25, 0.3) is 5.56 Å². The van der Waals surface area contributed by atoms with Gasteiger partial charge in [0.1, 0.15) is 5.56 Å². The van der Waals surface area contributed by atoms with Gasteiger partial charge in [0.05, 0.1) is 17.4 Å². The lowest BCUT2D eigenvalue weighted by molar-refractivity contribution is 0.0694. The summed E-state index contributed by atoms with van der Waals surface area (Å²) in [5.41, 5.74) is 1.78. The third-order valence-corrected chi connectivity index (χ3v) is 5.90. The number of aromatic nitrogens is 1. The maximum absolute atomic E-state index is 15.1. The molecule has 1 aliphatic carbocycles. The fraction of sp³-hybridized carbons (Fsp3) is 0.500. The van der Waals surface area contributed by atoms with Crippen molar-refractivity contribution in [3.05, 3.63) is 45.1 Å². The van der Waals surface area contributed by atoms with Crippen LogP contribution in [0, 0.1) is 12.7 Å². The van der Waals surface area contributed by atoms with Crippen molar-refractivity contribution in [2.45, 2.75) is 38.1 Å². The summed E-state index contributed by atoms with van der Waals surface area (Å²) in [5, 5.41) is 9.38. The van der Waals surface area contributed by atoms with Gasteiger partial charge in [-0.15, -0.1) is 0 Å². The van der Waals surface area contributed by atoms with Crippen molar-refractivity contribution in [2.24, 2.45) is 0 Å². The Morgan fingerprint density at radius 2 is 2.00 bits per heavy atom. The largest absolute Gasteiger partial charge is 0.477 e. The molecule has 144 valence electrons. The predicted octanol–water partition coefficient (Wildman–Crippen LogP) is 2.46. The van der Waals surface area contributed by atoms with E-state index in [1.54, 1.807) is 0 Å². The summed E-state index contributed by atoms with van der Waals surface area (Å²) in [4.78, 5) is 28.3. The van der Waals surface area contributed by atoms with Gasteiger partial charge in [-0.05, 0) is 63.4 Å². The first kappa shape index (κ1) is 18.0. The van der Waals surface area contributed by atoms with E-state index in [0.29, 0.717) is 22.8 Å². The number of hydrogen-bond donors (Lipinski definition) is 1. The molecule has 7 heteroatoms. The van der Waals surface area contributed by atoms with E-state index in [1.165, 1.54) is 16.7 Å². The van der Waals surface area contributed by atoms with Crippen molar-refractivity contribution in [1.82, 2.24) is 9.30 Å². The molecule has 27 heavy (non-hydrogen) atoms. The van der Waals surface area contributed by atoms with Crippen LogP contribution in [0.25, 0.3) is 5.52 Å². The Morgan fingerprint density at radius 1 is 1.30 bits per heavy atom. The molecule has 4 rings (SSSR count). The number of halogens is 1. The Balaban J connectivity index is 1.94. The predicted molar refractivity (Wildman–Crippen MR) is 102 cm³/mol. The molecule has 1 aliphatic heterocycles. The lowest BCUT2D eigenvalue weighted by Gasteiger charge is -2.25. The zero-order chi connectivity index (χ0) is 19.5. The second-order valence-corrected chi connectivity index (χ2v) is 7.92. The van der Waals surface area contributed by atoms with E-state index < -0.39 is 17.3 Å². The van der Waals surface area contributed by atoms with Gasteiger partial charge >= 0.3 is 5.97 Å². The average molecular weight is 373 g/mol. The number of nitrogens with zero attached hydrogens (tertiary/aromatic N) is 3. The first-order valence-electron chi connectivity index (χ1n) is 9.32. The Bertz CT molecular complexity index is 994. The van der Waals surface area contributed by atoms with Crippen LogP contribution in [0.15, 0.2) is 17.1 Å². The molecule has 0 spiro atoms. The molecule has 0 unspecified atom stereocenters. The van der Waals surface area contributed by atoms with E-state index in [9.17, 15) is 14.7 Å². The number of carboxylic acids is 1. The molecular formula is C20H24FN3O3.